The number of benzene rings is 1. The van der Waals surface area contributed by atoms with E-state index in [9.17, 15) is 4.79 Å². The predicted molar refractivity (Wildman–Crippen MR) is 105 cm³/mol. The Balaban J connectivity index is 1.41. The Kier molecular flexibility index (Phi) is 4.90. The summed E-state index contributed by atoms with van der Waals surface area (Å²) in [7, 11) is 1.93. The van der Waals surface area contributed by atoms with Gasteiger partial charge < -0.3 is 14.7 Å². The standard InChI is InChI=1S/C21H25N5O2/c1-14-19(15(2)25(3)23-14)13-26(17-9-10-17)21(27)22-12-18-11-20(24-28-18)16-7-5-4-6-8-16/h4-8,11,17H,9-10,12-13H2,1-3H3,(H,22,27). The molecule has 1 fully saturated rings. The van der Waals surface area contributed by atoms with Crippen molar-refractivity contribution in [1.29, 1.82) is 0 Å². The molecular weight excluding hydrogens is 354 g/mol. The van der Waals surface area contributed by atoms with E-state index in [-0.39, 0.29) is 6.03 Å². The van der Waals surface area contributed by atoms with Crippen LogP contribution in [0.25, 0.3) is 11.3 Å². The molecule has 3 aromatic rings. The van der Waals surface area contributed by atoms with Gasteiger partial charge in [-0.1, -0.05) is 35.5 Å². The average molecular weight is 379 g/mol. The maximum Gasteiger partial charge on any atom is 0.318 e. The lowest BCUT2D eigenvalue weighted by atomic mass is 10.1. The molecule has 7 nitrogen and oxygen atoms in total. The Morgan fingerprint density at radius 2 is 2.04 bits per heavy atom. The summed E-state index contributed by atoms with van der Waals surface area (Å²) in [5.41, 5.74) is 4.95. The van der Waals surface area contributed by atoms with E-state index in [4.69, 9.17) is 4.52 Å². The molecule has 146 valence electrons. The summed E-state index contributed by atoms with van der Waals surface area (Å²) >= 11 is 0. The third kappa shape index (κ3) is 3.78. The number of nitrogens with one attached hydrogen (secondary N) is 1. The van der Waals surface area contributed by atoms with Crippen molar-refractivity contribution in [2.75, 3.05) is 0 Å². The molecule has 2 heterocycles. The molecule has 0 aliphatic heterocycles. The molecule has 28 heavy (non-hydrogen) atoms. The summed E-state index contributed by atoms with van der Waals surface area (Å²) in [6.07, 6.45) is 2.10. The van der Waals surface area contributed by atoms with Gasteiger partial charge in [-0.05, 0) is 26.7 Å². The second-order valence-corrected chi connectivity index (χ2v) is 7.34. The van der Waals surface area contributed by atoms with Gasteiger partial charge in [0.25, 0.3) is 0 Å². The van der Waals surface area contributed by atoms with E-state index >= 15 is 0 Å². The number of rotatable bonds is 6. The van der Waals surface area contributed by atoms with Crippen molar-refractivity contribution >= 4 is 6.03 Å². The second kappa shape index (κ2) is 7.50. The Labute approximate surface area is 164 Å². The minimum absolute atomic E-state index is 0.0807. The molecule has 2 aromatic heterocycles. The molecule has 0 radical (unpaired) electrons. The van der Waals surface area contributed by atoms with Crippen LogP contribution in [-0.2, 0) is 20.1 Å². The smallest absolute Gasteiger partial charge is 0.318 e. The number of aryl methyl sites for hydroxylation is 2. The molecule has 0 bridgehead atoms. The lowest BCUT2D eigenvalue weighted by molar-refractivity contribution is 0.190. The van der Waals surface area contributed by atoms with Gasteiger partial charge in [0.2, 0.25) is 0 Å². The van der Waals surface area contributed by atoms with Gasteiger partial charge in [0.05, 0.1) is 18.8 Å². The fourth-order valence-electron chi connectivity index (χ4n) is 3.38. The number of carbonyl (C=O) groups excluding carboxylic acids is 1. The summed E-state index contributed by atoms with van der Waals surface area (Å²) in [5.74, 6) is 0.636. The molecule has 0 saturated heterocycles. The second-order valence-electron chi connectivity index (χ2n) is 7.34. The number of amides is 2. The first kappa shape index (κ1) is 18.3. The van der Waals surface area contributed by atoms with Gasteiger partial charge in [-0.3, -0.25) is 4.68 Å². The van der Waals surface area contributed by atoms with Crippen molar-refractivity contribution in [2.45, 2.75) is 45.8 Å². The highest BCUT2D eigenvalue weighted by Crippen LogP contribution is 2.29. The first-order valence-electron chi connectivity index (χ1n) is 9.57. The number of hydrogen-bond donors (Lipinski definition) is 1. The van der Waals surface area contributed by atoms with Crippen molar-refractivity contribution < 1.29 is 9.32 Å². The normalized spacial score (nSPS) is 13.5. The number of nitrogens with zero attached hydrogens (tertiary/aromatic N) is 4. The maximum absolute atomic E-state index is 12.8. The molecule has 0 unspecified atom stereocenters. The lowest BCUT2D eigenvalue weighted by Crippen LogP contribution is -2.40. The van der Waals surface area contributed by atoms with Gasteiger partial charge >= 0.3 is 6.03 Å². The predicted octanol–water partition coefficient (Wildman–Crippen LogP) is 3.57. The molecule has 1 saturated carbocycles. The van der Waals surface area contributed by atoms with Crippen LogP contribution in [0.2, 0.25) is 0 Å². The first-order chi connectivity index (χ1) is 13.5. The fourth-order valence-corrected chi connectivity index (χ4v) is 3.38. The van der Waals surface area contributed by atoms with Crippen LogP contribution >= 0.6 is 0 Å². The van der Waals surface area contributed by atoms with E-state index in [0.717, 1.165) is 41.1 Å². The number of carbonyl (C=O) groups is 1. The average Bonchev–Trinajstić information content (AvgIpc) is 3.37. The van der Waals surface area contributed by atoms with Crippen LogP contribution in [0, 0.1) is 13.8 Å². The quantitative estimate of drug-likeness (QED) is 0.710. The molecule has 0 atom stereocenters. The van der Waals surface area contributed by atoms with E-state index in [1.807, 2.05) is 66.9 Å². The van der Waals surface area contributed by atoms with Gasteiger partial charge in [0.15, 0.2) is 5.76 Å². The van der Waals surface area contributed by atoms with Gasteiger partial charge in [0.1, 0.15) is 5.69 Å². The third-order valence-corrected chi connectivity index (χ3v) is 5.28. The Morgan fingerprint density at radius 3 is 2.68 bits per heavy atom. The number of hydrogen-bond acceptors (Lipinski definition) is 4. The number of aromatic nitrogens is 3. The Morgan fingerprint density at radius 1 is 1.29 bits per heavy atom. The van der Waals surface area contributed by atoms with Crippen LogP contribution in [-0.4, -0.2) is 31.9 Å². The molecule has 1 aromatic carbocycles. The molecule has 4 rings (SSSR count). The zero-order valence-electron chi connectivity index (χ0n) is 16.5. The summed E-state index contributed by atoms with van der Waals surface area (Å²) in [6.45, 7) is 4.92. The maximum atomic E-state index is 12.8. The number of urea groups is 1. The fraction of sp³-hybridized carbons (Fsp3) is 0.381. The highest BCUT2D eigenvalue weighted by molar-refractivity contribution is 5.75. The minimum atomic E-state index is -0.0807. The van der Waals surface area contributed by atoms with Gasteiger partial charge in [0, 0.05) is 36.0 Å². The Bertz CT molecular complexity index is 972. The van der Waals surface area contributed by atoms with Crippen LogP contribution in [0.15, 0.2) is 40.9 Å². The topological polar surface area (TPSA) is 76.2 Å². The van der Waals surface area contributed by atoms with Crippen molar-refractivity contribution in [3.05, 3.63) is 59.1 Å². The summed E-state index contributed by atoms with van der Waals surface area (Å²) in [5, 5.41) is 11.5. The van der Waals surface area contributed by atoms with Crippen LogP contribution in [0.3, 0.4) is 0 Å². The van der Waals surface area contributed by atoms with Crippen LogP contribution in [0.1, 0.15) is 35.6 Å². The van der Waals surface area contributed by atoms with Crippen LogP contribution in [0.5, 0.6) is 0 Å². The minimum Gasteiger partial charge on any atom is -0.359 e. The Hall–Kier alpha value is -3.09. The molecule has 7 heteroatoms. The zero-order valence-corrected chi connectivity index (χ0v) is 16.5. The highest BCUT2D eigenvalue weighted by atomic mass is 16.5. The SMILES string of the molecule is Cc1nn(C)c(C)c1CN(C(=O)NCc1cc(-c2ccccc2)no1)C1CC1. The van der Waals surface area contributed by atoms with Gasteiger partial charge in [-0.25, -0.2) is 4.79 Å². The summed E-state index contributed by atoms with van der Waals surface area (Å²) < 4.78 is 7.26. The third-order valence-electron chi connectivity index (χ3n) is 5.28. The molecule has 1 aliphatic carbocycles. The molecule has 2 amide bonds. The van der Waals surface area contributed by atoms with E-state index in [1.54, 1.807) is 0 Å². The summed E-state index contributed by atoms with van der Waals surface area (Å²) in [4.78, 5) is 14.7. The first-order valence-corrected chi connectivity index (χ1v) is 9.57. The molecule has 1 N–H and O–H groups in total. The van der Waals surface area contributed by atoms with E-state index in [2.05, 4.69) is 15.6 Å². The molecule has 1 aliphatic rings. The van der Waals surface area contributed by atoms with Crippen LogP contribution in [0.4, 0.5) is 4.79 Å². The zero-order chi connectivity index (χ0) is 19.7. The lowest BCUT2D eigenvalue weighted by Gasteiger charge is -2.23. The van der Waals surface area contributed by atoms with Crippen molar-refractivity contribution in [2.24, 2.45) is 7.05 Å². The van der Waals surface area contributed by atoms with Gasteiger partial charge in [-0.2, -0.15) is 5.10 Å². The van der Waals surface area contributed by atoms with Crippen molar-refractivity contribution in [3.8, 4) is 11.3 Å². The van der Waals surface area contributed by atoms with Gasteiger partial charge in [-0.15, -0.1) is 0 Å². The molecule has 0 spiro atoms. The van der Waals surface area contributed by atoms with Crippen LogP contribution < -0.4 is 5.32 Å². The van der Waals surface area contributed by atoms with Crippen molar-refractivity contribution in [3.63, 3.8) is 0 Å². The van der Waals surface area contributed by atoms with E-state index < -0.39 is 0 Å². The van der Waals surface area contributed by atoms with E-state index in [0.29, 0.717) is 24.9 Å². The van der Waals surface area contributed by atoms with E-state index in [1.165, 1.54) is 0 Å². The summed E-state index contributed by atoms with van der Waals surface area (Å²) in [6, 6.07) is 11.9. The molecular formula is C21H25N5O2. The highest BCUT2D eigenvalue weighted by Gasteiger charge is 2.33. The largest absolute Gasteiger partial charge is 0.359 e. The van der Waals surface area contributed by atoms with Crippen molar-refractivity contribution in [1.82, 2.24) is 25.2 Å². The monoisotopic (exact) mass is 379 g/mol.